The Kier molecular flexibility index (Phi) is 46.6. The Balaban J connectivity index is 0.000000297. The number of fused-ring (bicyclic) bond motifs is 28. The van der Waals surface area contributed by atoms with Gasteiger partial charge in [-0.05, 0) is 266 Å². The van der Waals surface area contributed by atoms with E-state index in [4.69, 9.17) is 0 Å². The SMILES string of the molecule is C1CC2C3CCC(C3)C2C1.C1CC2C3CCC(C3)C2C1.C1CC2CC1C1C3CCC(C3)C21.C1CC2CC1C1C3CCC(C3)C21.C=CC(=O)CC.C=CC(=O)OC.C=CC(=O)OC.C=CC(=O)OC.C=CC(=O)OCCOC.C=CC(=O)OCCOC.C=CC(=O)OCCOC.C=CC(=O)OCCOC. The van der Waals surface area contributed by atoms with Crippen molar-refractivity contribution in [3.8, 4) is 0 Å². The van der Waals surface area contributed by atoms with Crippen LogP contribution in [0, 0.1) is 118 Å². The first-order valence-corrected chi connectivity index (χ1v) is 38.6. The molecule has 104 heavy (non-hydrogen) atoms. The van der Waals surface area contributed by atoms with E-state index in [0.717, 1.165) is 42.5 Å². The van der Waals surface area contributed by atoms with Crippen LogP contribution in [0.4, 0.5) is 0 Å². The third kappa shape index (κ3) is 30.5. The summed E-state index contributed by atoms with van der Waals surface area (Å²) in [6.45, 7) is 30.4. The fraction of sp³-hybridized carbons (Fsp3) is 0.718. The molecule has 0 saturated heterocycles. The summed E-state index contributed by atoms with van der Waals surface area (Å²) in [5.41, 5.74) is 0. The van der Waals surface area contributed by atoms with E-state index in [0.29, 0.717) is 59.3 Å². The van der Waals surface area contributed by atoms with E-state index in [-0.39, 0.29) is 5.78 Å². The second kappa shape index (κ2) is 52.7. The van der Waals surface area contributed by atoms with Crippen molar-refractivity contribution in [3.63, 3.8) is 0 Å². The van der Waals surface area contributed by atoms with Crippen LogP contribution in [0.5, 0.6) is 0 Å². The summed E-state index contributed by atoms with van der Waals surface area (Å²) in [6.07, 6.45) is 48.2. The molecule has 0 aromatic heterocycles. The van der Waals surface area contributed by atoms with Crippen molar-refractivity contribution in [2.45, 2.75) is 167 Å². The molecule has 16 unspecified atom stereocenters. The van der Waals surface area contributed by atoms with Crippen LogP contribution in [0.15, 0.2) is 101 Å². The van der Waals surface area contributed by atoms with Crippen molar-refractivity contribution < 1.29 is 90.5 Å². The maximum absolute atomic E-state index is 10.3. The zero-order valence-corrected chi connectivity index (χ0v) is 64.9. The average molecular weight is 1460 g/mol. The molecule has 14 rings (SSSR count). The molecule has 0 radical (unpaired) electrons. The van der Waals surface area contributed by atoms with Crippen LogP contribution in [0.2, 0.25) is 0 Å². The van der Waals surface area contributed by atoms with Crippen LogP contribution in [-0.2, 0) is 90.5 Å². The number of methoxy groups -OCH3 is 7. The molecule has 0 spiro atoms. The van der Waals surface area contributed by atoms with Crippen molar-refractivity contribution >= 4 is 47.6 Å². The van der Waals surface area contributed by atoms with Crippen molar-refractivity contribution in [3.05, 3.63) is 101 Å². The van der Waals surface area contributed by atoms with E-state index < -0.39 is 41.8 Å². The smallest absolute Gasteiger partial charge is 0.330 e. The molecule has 16 atom stereocenters. The lowest BCUT2D eigenvalue weighted by Gasteiger charge is -2.34. The molecule has 0 aromatic carbocycles. The lowest BCUT2D eigenvalue weighted by atomic mass is 9.71. The van der Waals surface area contributed by atoms with Crippen LogP contribution in [-0.4, -0.2) is 150 Å². The van der Waals surface area contributed by atoms with Crippen LogP contribution in [0.25, 0.3) is 0 Å². The predicted octanol–water partition coefficient (Wildman–Crippen LogP) is 15.5. The fourth-order valence-electron chi connectivity index (χ4n) is 20.6. The number of esters is 7. The summed E-state index contributed by atoms with van der Waals surface area (Å²) in [5.74, 6) is 21.5. The number of ether oxygens (including phenoxy) is 11. The largest absolute Gasteiger partial charge is 0.466 e. The minimum absolute atomic E-state index is 0.106. The maximum atomic E-state index is 10.3. The minimum Gasteiger partial charge on any atom is -0.466 e. The molecule has 588 valence electrons. The number of hydrogen-bond acceptors (Lipinski definition) is 19. The van der Waals surface area contributed by atoms with Gasteiger partial charge in [-0.3, -0.25) is 4.79 Å². The van der Waals surface area contributed by atoms with Crippen LogP contribution in [0.1, 0.15) is 167 Å². The Hall–Kier alpha value is -6.28. The molecular weight excluding hydrogens is 1320 g/mol. The van der Waals surface area contributed by atoms with Gasteiger partial charge in [-0.25, -0.2) is 33.6 Å². The van der Waals surface area contributed by atoms with Gasteiger partial charge in [0.05, 0.1) is 47.8 Å². The van der Waals surface area contributed by atoms with Gasteiger partial charge in [0.1, 0.15) is 26.4 Å². The number of carbonyl (C=O) groups excluding carboxylic acids is 8. The average Bonchev–Trinajstić information content (AvgIpc) is 1.58. The normalized spacial score (nSPS) is 30.9. The van der Waals surface area contributed by atoms with E-state index in [9.17, 15) is 38.4 Å². The summed E-state index contributed by atoms with van der Waals surface area (Å²) in [7, 11) is 10.1. The monoisotopic (exact) mass is 1460 g/mol. The number of carbonyl (C=O) groups is 8. The first kappa shape index (κ1) is 91.9. The fourth-order valence-corrected chi connectivity index (χ4v) is 20.6. The highest BCUT2D eigenvalue weighted by Crippen LogP contribution is 2.69. The van der Waals surface area contributed by atoms with Gasteiger partial charge in [0.25, 0.3) is 0 Å². The third-order valence-electron chi connectivity index (χ3n) is 24.5. The van der Waals surface area contributed by atoms with Crippen LogP contribution < -0.4 is 0 Å². The zero-order chi connectivity index (χ0) is 76.9. The van der Waals surface area contributed by atoms with Gasteiger partial charge >= 0.3 is 41.8 Å². The van der Waals surface area contributed by atoms with E-state index in [1.165, 1.54) is 146 Å². The molecule has 0 N–H and O–H groups in total. The van der Waals surface area contributed by atoms with Crippen LogP contribution >= 0.6 is 0 Å². The first-order valence-electron chi connectivity index (χ1n) is 38.6. The summed E-state index contributed by atoms with van der Waals surface area (Å²) >= 11 is 0. The first-order chi connectivity index (χ1) is 50.2. The van der Waals surface area contributed by atoms with Gasteiger partial charge in [0, 0.05) is 77.4 Å². The van der Waals surface area contributed by atoms with Gasteiger partial charge in [-0.15, -0.1) is 0 Å². The van der Waals surface area contributed by atoms with Gasteiger partial charge < -0.3 is 52.1 Å². The number of rotatable bonds is 21. The Morgan fingerprint density at radius 2 is 0.442 bits per heavy atom. The highest BCUT2D eigenvalue weighted by Gasteiger charge is 2.60. The lowest BCUT2D eigenvalue weighted by molar-refractivity contribution is -0.139. The molecule has 14 fully saturated rings. The Morgan fingerprint density at radius 3 is 0.577 bits per heavy atom. The summed E-state index contributed by atoms with van der Waals surface area (Å²) in [6, 6.07) is 0. The summed E-state index contributed by atoms with van der Waals surface area (Å²) in [4.78, 5) is 80.7. The molecule has 0 heterocycles. The second-order valence-corrected chi connectivity index (χ2v) is 29.5. The maximum Gasteiger partial charge on any atom is 0.330 e. The molecule has 12 bridgehead atoms. The number of allylic oxidation sites excluding steroid dienone is 1. The van der Waals surface area contributed by atoms with E-state index in [2.05, 4.69) is 105 Å². The molecule has 19 nitrogen and oxygen atoms in total. The van der Waals surface area contributed by atoms with Gasteiger partial charge in [0.15, 0.2) is 5.78 Å². The molecule has 14 aliphatic rings. The zero-order valence-electron chi connectivity index (χ0n) is 64.9. The highest BCUT2D eigenvalue weighted by atomic mass is 16.6. The molecule has 14 aliphatic carbocycles. The molecule has 0 aromatic rings. The van der Waals surface area contributed by atoms with Gasteiger partial charge in [-0.2, -0.15) is 0 Å². The standard InChI is InChI=1S/2C12H18.2C10H16.4C6H10O3.C5H8O.3C4H6O2/c2*1-2-8-5-7(1)11-9-3-4-10(6-9)12(8)11;2*1-2-9-7-4-5-8(6-7)10(9)3-1;4*1-3-6(7)9-5-4-8-2;1-3-5(6)4-2;3*1-3-4(5)6-2/h2*7-12H,1-6H2;2*7-10H,1-6H2;4*3H,1,4-5H2,2H3;3H,1,4H2,2H3;3*3H,1H2,2H3. The molecular formula is C85H134O19. The van der Waals surface area contributed by atoms with Crippen LogP contribution in [0.3, 0.4) is 0 Å². The third-order valence-corrected chi connectivity index (χ3v) is 24.5. The minimum atomic E-state index is -0.410. The molecule has 19 heteroatoms. The van der Waals surface area contributed by atoms with Crippen molar-refractivity contribution in [2.24, 2.45) is 118 Å². The van der Waals surface area contributed by atoms with Crippen molar-refractivity contribution in [2.75, 3.05) is 103 Å². The molecule has 0 amide bonds. The number of hydrogen-bond donors (Lipinski definition) is 0. The molecule has 14 saturated carbocycles. The topological polar surface area (TPSA) is 238 Å². The quantitative estimate of drug-likeness (QED) is 0.0341. The Labute approximate surface area is 624 Å². The summed E-state index contributed by atoms with van der Waals surface area (Å²) in [5, 5.41) is 0. The summed E-state index contributed by atoms with van der Waals surface area (Å²) < 4.78 is 49.1. The Bertz CT molecular complexity index is 2260. The molecule has 0 aliphatic heterocycles. The van der Waals surface area contributed by atoms with E-state index >= 15 is 0 Å². The predicted molar refractivity (Wildman–Crippen MR) is 405 cm³/mol. The van der Waals surface area contributed by atoms with Crippen molar-refractivity contribution in [1.29, 1.82) is 0 Å². The highest BCUT2D eigenvalue weighted by molar-refractivity contribution is 5.88. The second-order valence-electron chi connectivity index (χ2n) is 29.5. The lowest BCUT2D eigenvalue weighted by Crippen LogP contribution is -2.27. The van der Waals surface area contributed by atoms with Crippen molar-refractivity contribution in [1.82, 2.24) is 0 Å². The van der Waals surface area contributed by atoms with Gasteiger partial charge in [-0.1, -0.05) is 72.4 Å². The number of ketones is 1. The Morgan fingerprint density at radius 1 is 0.260 bits per heavy atom. The van der Waals surface area contributed by atoms with Gasteiger partial charge in [0.2, 0.25) is 0 Å². The van der Waals surface area contributed by atoms with E-state index in [1.54, 1.807) is 183 Å². The van der Waals surface area contributed by atoms with E-state index in [1.807, 2.05) is 6.92 Å².